The van der Waals surface area contributed by atoms with Crippen LogP contribution < -0.4 is 4.74 Å². The fourth-order valence-electron chi connectivity index (χ4n) is 4.01. The summed E-state index contributed by atoms with van der Waals surface area (Å²) in [5.74, 6) is 2.31. The second-order valence-electron chi connectivity index (χ2n) is 6.90. The summed E-state index contributed by atoms with van der Waals surface area (Å²) in [5.41, 5.74) is 1.82. The van der Waals surface area contributed by atoms with E-state index in [4.69, 9.17) is 4.74 Å². The van der Waals surface area contributed by atoms with Gasteiger partial charge in [0.1, 0.15) is 11.8 Å². The standard InChI is InChI=1S/C19H28N2O3S/c1-14-3-4-17(24-2)16(13-14)18(19(22)23)21-7-5-15(6-8-21)20-9-11-25-12-10-20/h3-4,13,15,18H,5-12H2,1-2H3,(H,22,23)/t18-/m1/s1. The van der Waals surface area contributed by atoms with E-state index in [1.54, 1.807) is 7.11 Å². The number of nitrogens with zero attached hydrogens (tertiary/aromatic N) is 2. The van der Waals surface area contributed by atoms with Crippen LogP contribution >= 0.6 is 11.8 Å². The molecule has 3 rings (SSSR count). The lowest BCUT2D eigenvalue weighted by atomic mass is 9.96. The molecule has 2 aliphatic heterocycles. The van der Waals surface area contributed by atoms with Crippen molar-refractivity contribution in [3.8, 4) is 5.75 Å². The molecule has 0 aromatic heterocycles. The van der Waals surface area contributed by atoms with Gasteiger partial charge in [0, 0.05) is 49.3 Å². The number of likely N-dealkylation sites (tertiary alicyclic amines) is 1. The number of carboxylic acids is 1. The number of thioether (sulfide) groups is 1. The van der Waals surface area contributed by atoms with Crippen molar-refractivity contribution in [3.63, 3.8) is 0 Å². The van der Waals surface area contributed by atoms with Gasteiger partial charge in [0.15, 0.2) is 0 Å². The lowest BCUT2D eigenvalue weighted by molar-refractivity contribution is -0.144. The highest BCUT2D eigenvalue weighted by Gasteiger charge is 2.34. The average molecular weight is 365 g/mol. The first kappa shape index (κ1) is 18.5. The molecule has 0 saturated carbocycles. The molecule has 1 aromatic rings. The van der Waals surface area contributed by atoms with Gasteiger partial charge in [-0.2, -0.15) is 11.8 Å². The van der Waals surface area contributed by atoms with Gasteiger partial charge < -0.3 is 9.84 Å². The summed E-state index contributed by atoms with van der Waals surface area (Å²) < 4.78 is 5.44. The predicted molar refractivity (Wildman–Crippen MR) is 102 cm³/mol. The van der Waals surface area contributed by atoms with Crippen LogP contribution in [-0.4, -0.2) is 71.7 Å². The van der Waals surface area contributed by atoms with Crippen LogP contribution in [0.25, 0.3) is 0 Å². The number of aryl methyl sites for hydroxylation is 1. The quantitative estimate of drug-likeness (QED) is 0.867. The molecule has 2 saturated heterocycles. The van der Waals surface area contributed by atoms with Crippen molar-refractivity contribution in [1.82, 2.24) is 9.80 Å². The van der Waals surface area contributed by atoms with Crippen LogP contribution in [0.3, 0.4) is 0 Å². The molecule has 0 unspecified atom stereocenters. The zero-order valence-corrected chi connectivity index (χ0v) is 15.9. The molecular weight excluding hydrogens is 336 g/mol. The average Bonchev–Trinajstić information content (AvgIpc) is 2.63. The molecule has 0 spiro atoms. The summed E-state index contributed by atoms with van der Waals surface area (Å²) in [5, 5.41) is 9.89. The van der Waals surface area contributed by atoms with E-state index in [0.717, 1.165) is 37.1 Å². The molecule has 6 heteroatoms. The van der Waals surface area contributed by atoms with E-state index in [1.165, 1.54) is 24.6 Å². The van der Waals surface area contributed by atoms with E-state index in [0.29, 0.717) is 11.8 Å². The smallest absolute Gasteiger partial charge is 0.325 e. The topological polar surface area (TPSA) is 53.0 Å². The highest BCUT2D eigenvalue weighted by molar-refractivity contribution is 7.99. The van der Waals surface area contributed by atoms with Crippen molar-refractivity contribution < 1.29 is 14.6 Å². The third-order valence-electron chi connectivity index (χ3n) is 5.34. The Morgan fingerprint density at radius 3 is 2.52 bits per heavy atom. The highest BCUT2D eigenvalue weighted by Crippen LogP contribution is 2.33. The van der Waals surface area contributed by atoms with Gasteiger partial charge in [0.25, 0.3) is 0 Å². The summed E-state index contributed by atoms with van der Waals surface area (Å²) in [6.07, 6.45) is 2.09. The third kappa shape index (κ3) is 4.30. The fraction of sp³-hybridized carbons (Fsp3) is 0.632. The van der Waals surface area contributed by atoms with Crippen LogP contribution in [0, 0.1) is 6.92 Å². The first-order valence-corrected chi connectivity index (χ1v) is 10.2. The SMILES string of the molecule is COc1ccc(C)cc1[C@H](C(=O)O)N1CCC(N2CCSCC2)CC1. The second kappa shape index (κ2) is 8.43. The maximum Gasteiger partial charge on any atom is 0.325 e. The van der Waals surface area contributed by atoms with Crippen LogP contribution in [0.4, 0.5) is 0 Å². The van der Waals surface area contributed by atoms with Gasteiger partial charge in [-0.3, -0.25) is 14.6 Å². The molecule has 1 N–H and O–H groups in total. The number of benzene rings is 1. The maximum atomic E-state index is 12.1. The Morgan fingerprint density at radius 1 is 1.24 bits per heavy atom. The molecule has 1 atom stereocenters. The summed E-state index contributed by atoms with van der Waals surface area (Å²) in [7, 11) is 1.60. The monoisotopic (exact) mass is 364 g/mol. The minimum Gasteiger partial charge on any atom is -0.496 e. The van der Waals surface area contributed by atoms with Crippen molar-refractivity contribution in [2.45, 2.75) is 31.8 Å². The lowest BCUT2D eigenvalue weighted by Crippen LogP contribution is -2.49. The normalized spacial score (nSPS) is 21.8. The zero-order chi connectivity index (χ0) is 17.8. The molecule has 1 aromatic carbocycles. The molecule has 2 heterocycles. The number of carbonyl (C=O) groups is 1. The number of hydrogen-bond acceptors (Lipinski definition) is 5. The number of ether oxygens (including phenoxy) is 1. The van der Waals surface area contributed by atoms with E-state index in [-0.39, 0.29) is 0 Å². The maximum absolute atomic E-state index is 12.1. The summed E-state index contributed by atoms with van der Waals surface area (Å²) >= 11 is 2.03. The Balaban J connectivity index is 1.72. The summed E-state index contributed by atoms with van der Waals surface area (Å²) in [4.78, 5) is 16.8. The summed E-state index contributed by atoms with van der Waals surface area (Å²) in [6.45, 7) is 5.97. The van der Waals surface area contributed by atoms with Crippen molar-refractivity contribution >= 4 is 17.7 Å². The van der Waals surface area contributed by atoms with Gasteiger partial charge in [0.05, 0.1) is 7.11 Å². The van der Waals surface area contributed by atoms with Gasteiger partial charge >= 0.3 is 5.97 Å². The molecule has 0 aliphatic carbocycles. The predicted octanol–water partition coefficient (Wildman–Crippen LogP) is 2.64. The molecule has 138 valence electrons. The fourth-order valence-corrected chi connectivity index (χ4v) is 4.94. The van der Waals surface area contributed by atoms with E-state index in [9.17, 15) is 9.90 Å². The molecule has 0 amide bonds. The first-order chi connectivity index (χ1) is 12.1. The number of methoxy groups -OCH3 is 1. The van der Waals surface area contributed by atoms with Crippen LogP contribution in [0.15, 0.2) is 18.2 Å². The van der Waals surface area contributed by atoms with Gasteiger partial charge in [0.2, 0.25) is 0 Å². The Bertz CT molecular complexity index is 596. The van der Waals surface area contributed by atoms with Crippen molar-refractivity contribution in [2.24, 2.45) is 0 Å². The lowest BCUT2D eigenvalue weighted by Gasteiger charge is -2.41. The third-order valence-corrected chi connectivity index (χ3v) is 6.28. The van der Waals surface area contributed by atoms with E-state index < -0.39 is 12.0 Å². The number of carboxylic acid groups (broad SMARTS) is 1. The van der Waals surface area contributed by atoms with E-state index in [1.807, 2.05) is 36.9 Å². The van der Waals surface area contributed by atoms with Gasteiger partial charge in [-0.15, -0.1) is 0 Å². The molecule has 0 radical (unpaired) electrons. The van der Waals surface area contributed by atoms with Crippen LogP contribution in [-0.2, 0) is 4.79 Å². The largest absolute Gasteiger partial charge is 0.496 e. The van der Waals surface area contributed by atoms with Crippen molar-refractivity contribution in [3.05, 3.63) is 29.3 Å². The van der Waals surface area contributed by atoms with E-state index in [2.05, 4.69) is 9.80 Å². The molecule has 2 fully saturated rings. The minimum absolute atomic E-state index is 0.603. The number of hydrogen-bond donors (Lipinski definition) is 1. The number of aliphatic carboxylic acids is 1. The number of rotatable bonds is 5. The molecular formula is C19H28N2O3S. The Morgan fingerprint density at radius 2 is 1.92 bits per heavy atom. The molecule has 0 bridgehead atoms. The second-order valence-corrected chi connectivity index (χ2v) is 8.13. The number of piperidine rings is 1. The Kier molecular flexibility index (Phi) is 6.25. The molecule has 5 nitrogen and oxygen atoms in total. The highest BCUT2D eigenvalue weighted by atomic mass is 32.2. The van der Waals surface area contributed by atoms with Crippen molar-refractivity contribution in [2.75, 3.05) is 44.8 Å². The van der Waals surface area contributed by atoms with Crippen LogP contribution in [0.1, 0.15) is 30.0 Å². The minimum atomic E-state index is -0.795. The van der Waals surface area contributed by atoms with Crippen LogP contribution in [0.2, 0.25) is 0 Å². The summed E-state index contributed by atoms with van der Waals surface area (Å²) in [6, 6.07) is 5.75. The van der Waals surface area contributed by atoms with Crippen LogP contribution in [0.5, 0.6) is 5.75 Å². The van der Waals surface area contributed by atoms with Gasteiger partial charge in [-0.05, 0) is 25.8 Å². The van der Waals surface area contributed by atoms with Gasteiger partial charge in [-0.1, -0.05) is 17.7 Å². The first-order valence-electron chi connectivity index (χ1n) is 9.03. The molecule has 25 heavy (non-hydrogen) atoms. The van der Waals surface area contributed by atoms with Crippen molar-refractivity contribution in [1.29, 1.82) is 0 Å². The molecule has 2 aliphatic rings. The van der Waals surface area contributed by atoms with Gasteiger partial charge in [-0.25, -0.2) is 0 Å². The zero-order valence-electron chi connectivity index (χ0n) is 15.1. The van der Waals surface area contributed by atoms with E-state index >= 15 is 0 Å². The Hall–Kier alpha value is -1.24. The Labute approximate surface area is 154 Å².